The molecule has 1 aromatic heterocycles. The summed E-state index contributed by atoms with van der Waals surface area (Å²) in [6, 6.07) is 10.3. The van der Waals surface area contributed by atoms with Gasteiger partial charge in [0.15, 0.2) is 5.16 Å². The lowest BCUT2D eigenvalue weighted by Gasteiger charge is -2.09. The number of thioether (sulfide) groups is 1. The van der Waals surface area contributed by atoms with Crippen molar-refractivity contribution >= 4 is 17.7 Å². The van der Waals surface area contributed by atoms with E-state index >= 15 is 0 Å². The number of nitrogens with zero attached hydrogens (tertiary/aromatic N) is 3. The lowest BCUT2D eigenvalue weighted by molar-refractivity contribution is -0.133. The zero-order valence-corrected chi connectivity index (χ0v) is 12.4. The highest BCUT2D eigenvalue weighted by Crippen LogP contribution is 2.40. The molecule has 3 rings (SSSR count). The molecule has 1 heterocycles. The monoisotopic (exact) mass is 303 g/mol. The Morgan fingerprint density at radius 1 is 1.29 bits per heavy atom. The minimum Gasteiger partial charge on any atom is -0.481 e. The fraction of sp³-hybridized carbons (Fsp3) is 0.400. The maximum atomic E-state index is 10.7. The SMILES string of the molecule is O=C(O)CSc1nnc(C2CC2)n1CCc1ccccc1. The first kappa shape index (κ1) is 14.1. The van der Waals surface area contributed by atoms with E-state index in [1.807, 2.05) is 18.2 Å². The van der Waals surface area contributed by atoms with Crippen molar-refractivity contribution in [2.75, 3.05) is 5.75 Å². The van der Waals surface area contributed by atoms with Gasteiger partial charge in [0.2, 0.25) is 0 Å². The van der Waals surface area contributed by atoms with Gasteiger partial charge in [-0.3, -0.25) is 4.79 Å². The van der Waals surface area contributed by atoms with Crippen molar-refractivity contribution in [3.8, 4) is 0 Å². The first-order valence-corrected chi connectivity index (χ1v) is 8.04. The third-order valence-corrected chi connectivity index (χ3v) is 4.43. The number of rotatable bonds is 7. The highest BCUT2D eigenvalue weighted by atomic mass is 32.2. The second-order valence-corrected chi connectivity index (χ2v) is 6.13. The van der Waals surface area contributed by atoms with Crippen LogP contribution in [0.3, 0.4) is 0 Å². The number of aliphatic carboxylic acids is 1. The largest absolute Gasteiger partial charge is 0.481 e. The van der Waals surface area contributed by atoms with Gasteiger partial charge in [-0.15, -0.1) is 10.2 Å². The minimum atomic E-state index is -0.828. The second kappa shape index (κ2) is 6.30. The van der Waals surface area contributed by atoms with Crippen LogP contribution in [0, 0.1) is 0 Å². The summed E-state index contributed by atoms with van der Waals surface area (Å²) in [4.78, 5) is 10.7. The number of hydrogen-bond acceptors (Lipinski definition) is 4. The van der Waals surface area contributed by atoms with E-state index in [0.29, 0.717) is 5.92 Å². The third kappa shape index (κ3) is 3.64. The topological polar surface area (TPSA) is 68.0 Å². The Kier molecular flexibility index (Phi) is 4.24. The summed E-state index contributed by atoms with van der Waals surface area (Å²) in [5, 5.41) is 18.0. The molecule has 1 aliphatic carbocycles. The van der Waals surface area contributed by atoms with Gasteiger partial charge in [0.05, 0.1) is 5.75 Å². The van der Waals surface area contributed by atoms with Gasteiger partial charge < -0.3 is 9.67 Å². The summed E-state index contributed by atoms with van der Waals surface area (Å²) in [5.41, 5.74) is 1.27. The quantitative estimate of drug-likeness (QED) is 0.796. The summed E-state index contributed by atoms with van der Waals surface area (Å²) < 4.78 is 2.10. The first-order valence-electron chi connectivity index (χ1n) is 7.05. The predicted octanol–water partition coefficient (Wildman–Crippen LogP) is 2.57. The fourth-order valence-corrected chi connectivity index (χ4v) is 2.96. The molecule has 0 bridgehead atoms. The number of aryl methyl sites for hydroxylation is 1. The summed E-state index contributed by atoms with van der Waals surface area (Å²) in [7, 11) is 0. The zero-order chi connectivity index (χ0) is 14.7. The van der Waals surface area contributed by atoms with Gasteiger partial charge in [-0.25, -0.2) is 0 Å². The van der Waals surface area contributed by atoms with E-state index in [0.717, 1.165) is 36.8 Å². The molecule has 0 saturated heterocycles. The molecular weight excluding hydrogens is 286 g/mol. The third-order valence-electron chi connectivity index (χ3n) is 3.48. The number of carboxylic acids is 1. The van der Waals surface area contributed by atoms with Gasteiger partial charge in [-0.2, -0.15) is 0 Å². The number of carboxylic acid groups (broad SMARTS) is 1. The lowest BCUT2D eigenvalue weighted by atomic mass is 10.1. The Labute approximate surface area is 127 Å². The second-order valence-electron chi connectivity index (χ2n) is 5.18. The van der Waals surface area contributed by atoms with Gasteiger partial charge in [0.1, 0.15) is 5.82 Å². The standard InChI is InChI=1S/C15H17N3O2S/c19-13(20)10-21-15-17-16-14(12-6-7-12)18(15)9-8-11-4-2-1-3-5-11/h1-5,12H,6-10H2,(H,19,20). The summed E-state index contributed by atoms with van der Waals surface area (Å²) in [6.45, 7) is 0.796. The molecule has 1 aromatic carbocycles. The van der Waals surface area contributed by atoms with Crippen LogP contribution in [0.2, 0.25) is 0 Å². The molecule has 110 valence electrons. The van der Waals surface area contributed by atoms with Crippen LogP contribution in [-0.2, 0) is 17.8 Å². The van der Waals surface area contributed by atoms with Crippen molar-refractivity contribution in [1.82, 2.24) is 14.8 Å². The molecule has 0 unspecified atom stereocenters. The van der Waals surface area contributed by atoms with E-state index < -0.39 is 5.97 Å². The van der Waals surface area contributed by atoms with Crippen molar-refractivity contribution in [3.05, 3.63) is 41.7 Å². The normalized spacial score (nSPS) is 14.3. The Morgan fingerprint density at radius 2 is 2.05 bits per heavy atom. The van der Waals surface area contributed by atoms with Gasteiger partial charge >= 0.3 is 5.97 Å². The average molecular weight is 303 g/mol. The van der Waals surface area contributed by atoms with Crippen LogP contribution in [0.5, 0.6) is 0 Å². The van der Waals surface area contributed by atoms with Crippen molar-refractivity contribution < 1.29 is 9.90 Å². The van der Waals surface area contributed by atoms with Gasteiger partial charge in [0.25, 0.3) is 0 Å². The van der Waals surface area contributed by atoms with Crippen LogP contribution in [0.25, 0.3) is 0 Å². The van der Waals surface area contributed by atoms with Gasteiger partial charge in [0, 0.05) is 12.5 Å². The van der Waals surface area contributed by atoms with Crippen molar-refractivity contribution in [2.24, 2.45) is 0 Å². The van der Waals surface area contributed by atoms with E-state index in [-0.39, 0.29) is 5.75 Å². The van der Waals surface area contributed by atoms with Crippen molar-refractivity contribution in [1.29, 1.82) is 0 Å². The maximum absolute atomic E-state index is 10.7. The van der Waals surface area contributed by atoms with Crippen LogP contribution >= 0.6 is 11.8 Å². The molecule has 2 aromatic rings. The Bertz CT molecular complexity index is 623. The molecule has 0 radical (unpaired) electrons. The minimum absolute atomic E-state index is 0.0220. The molecule has 1 fully saturated rings. The fourth-order valence-electron chi connectivity index (χ4n) is 2.27. The summed E-state index contributed by atoms with van der Waals surface area (Å²) in [6.07, 6.45) is 3.22. The smallest absolute Gasteiger partial charge is 0.313 e. The van der Waals surface area contributed by atoms with Crippen LogP contribution < -0.4 is 0 Å². The summed E-state index contributed by atoms with van der Waals surface area (Å²) >= 11 is 1.25. The molecule has 1 N–H and O–H groups in total. The molecule has 5 nitrogen and oxygen atoms in total. The van der Waals surface area contributed by atoms with Crippen molar-refractivity contribution in [3.63, 3.8) is 0 Å². The molecule has 1 saturated carbocycles. The molecule has 0 amide bonds. The van der Waals surface area contributed by atoms with Crippen LogP contribution in [0.15, 0.2) is 35.5 Å². The highest BCUT2D eigenvalue weighted by Gasteiger charge is 2.30. The van der Waals surface area contributed by atoms with Crippen LogP contribution in [-0.4, -0.2) is 31.6 Å². The Morgan fingerprint density at radius 3 is 2.71 bits per heavy atom. The van der Waals surface area contributed by atoms with E-state index in [1.54, 1.807) is 0 Å². The molecular formula is C15H17N3O2S. The van der Waals surface area contributed by atoms with Crippen LogP contribution in [0.1, 0.15) is 30.1 Å². The lowest BCUT2D eigenvalue weighted by Crippen LogP contribution is -2.08. The number of carbonyl (C=O) groups is 1. The Balaban J connectivity index is 1.74. The van der Waals surface area contributed by atoms with Gasteiger partial charge in [-0.05, 0) is 24.8 Å². The molecule has 0 spiro atoms. The molecule has 0 aliphatic heterocycles. The van der Waals surface area contributed by atoms with E-state index in [9.17, 15) is 4.79 Å². The Hall–Kier alpha value is -1.82. The average Bonchev–Trinajstić information content (AvgIpc) is 3.25. The van der Waals surface area contributed by atoms with Gasteiger partial charge in [-0.1, -0.05) is 42.1 Å². The van der Waals surface area contributed by atoms with Crippen LogP contribution in [0.4, 0.5) is 0 Å². The maximum Gasteiger partial charge on any atom is 0.313 e. The first-order chi connectivity index (χ1) is 10.2. The molecule has 21 heavy (non-hydrogen) atoms. The number of aromatic nitrogens is 3. The predicted molar refractivity (Wildman–Crippen MR) is 80.5 cm³/mol. The number of benzene rings is 1. The van der Waals surface area contributed by atoms with Crippen molar-refractivity contribution in [2.45, 2.75) is 36.9 Å². The van der Waals surface area contributed by atoms with E-state index in [4.69, 9.17) is 5.11 Å². The zero-order valence-electron chi connectivity index (χ0n) is 11.6. The number of hydrogen-bond donors (Lipinski definition) is 1. The van der Waals surface area contributed by atoms with E-state index in [1.165, 1.54) is 17.3 Å². The molecule has 1 aliphatic rings. The highest BCUT2D eigenvalue weighted by molar-refractivity contribution is 7.99. The van der Waals surface area contributed by atoms with E-state index in [2.05, 4.69) is 26.9 Å². The molecule has 6 heteroatoms. The summed E-state index contributed by atoms with van der Waals surface area (Å²) in [5.74, 6) is 0.713. The molecule has 0 atom stereocenters.